The number of nitrogen functional groups attached to an aromatic ring is 1. The van der Waals surface area contributed by atoms with Gasteiger partial charge in [0.15, 0.2) is 0 Å². The summed E-state index contributed by atoms with van der Waals surface area (Å²) in [7, 11) is 0. The molecule has 0 saturated carbocycles. The maximum Gasteiger partial charge on any atom is 0.268 e. The molecule has 1 aromatic heterocycles. The summed E-state index contributed by atoms with van der Waals surface area (Å²) in [5.74, 6) is -0.291. The lowest BCUT2D eigenvalue weighted by Gasteiger charge is -2.08. The van der Waals surface area contributed by atoms with Gasteiger partial charge in [-0.2, -0.15) is 5.26 Å². The Morgan fingerprint density at radius 2 is 2.29 bits per heavy atom. The average molecular weight is 262 g/mol. The Morgan fingerprint density at radius 1 is 1.64 bits per heavy atom. The minimum Gasteiger partial charge on any atom is -0.383 e. The van der Waals surface area contributed by atoms with Crippen LogP contribution in [0.2, 0.25) is 0 Å². The van der Waals surface area contributed by atoms with Gasteiger partial charge in [-0.25, -0.2) is 13.8 Å². The quantitative estimate of drug-likeness (QED) is 0.832. The molecule has 0 spiro atoms. The molecule has 0 unspecified atom stereocenters. The third kappa shape index (κ3) is 1.82. The zero-order chi connectivity index (χ0) is 10.7. The minimum absolute atomic E-state index is 0.0932. The van der Waals surface area contributed by atoms with Crippen molar-refractivity contribution in [3.8, 4) is 6.07 Å². The molecule has 74 valence electrons. The van der Waals surface area contributed by atoms with Crippen molar-refractivity contribution in [3.63, 3.8) is 0 Å². The van der Waals surface area contributed by atoms with E-state index in [4.69, 9.17) is 11.0 Å². The van der Waals surface area contributed by atoms with Crippen LogP contribution in [0.3, 0.4) is 0 Å². The van der Waals surface area contributed by atoms with E-state index in [2.05, 4.69) is 20.9 Å². The molecule has 0 atom stereocenters. The Balaban J connectivity index is 3.45. The van der Waals surface area contributed by atoms with Crippen LogP contribution < -0.4 is 5.73 Å². The molecule has 1 rings (SSSR count). The summed E-state index contributed by atoms with van der Waals surface area (Å²) in [5, 5.41) is 9.01. The van der Waals surface area contributed by atoms with E-state index in [1.54, 1.807) is 6.07 Å². The zero-order valence-corrected chi connectivity index (χ0v) is 8.55. The number of anilines is 1. The molecule has 0 aliphatic rings. The van der Waals surface area contributed by atoms with Crippen molar-refractivity contribution in [1.82, 2.24) is 4.98 Å². The molecule has 14 heavy (non-hydrogen) atoms. The number of pyridine rings is 1. The summed E-state index contributed by atoms with van der Waals surface area (Å²) in [6.07, 6.45) is -1.47. The summed E-state index contributed by atoms with van der Waals surface area (Å²) in [5.41, 5.74) is 5.10. The Morgan fingerprint density at radius 3 is 2.71 bits per heavy atom. The van der Waals surface area contributed by atoms with Gasteiger partial charge in [0, 0.05) is 11.5 Å². The van der Waals surface area contributed by atoms with E-state index >= 15 is 0 Å². The number of alkyl halides is 3. The summed E-state index contributed by atoms with van der Waals surface area (Å²) in [6.45, 7) is 0. The predicted octanol–water partition coefficient (Wildman–Crippen LogP) is 2.37. The number of aromatic nitrogens is 1. The third-order valence-corrected chi connectivity index (χ3v) is 2.30. The van der Waals surface area contributed by atoms with E-state index in [1.807, 2.05) is 0 Å². The summed E-state index contributed by atoms with van der Waals surface area (Å²) >= 11 is 3.08. The topological polar surface area (TPSA) is 62.7 Å². The fourth-order valence-corrected chi connectivity index (χ4v) is 1.46. The van der Waals surface area contributed by atoms with Gasteiger partial charge in [-0.15, -0.1) is 0 Å². The Bertz CT molecular complexity index is 387. The molecule has 0 aliphatic heterocycles. The monoisotopic (exact) mass is 261 g/mol. The zero-order valence-electron chi connectivity index (χ0n) is 6.97. The average Bonchev–Trinajstić information content (AvgIpc) is 2.16. The van der Waals surface area contributed by atoms with Gasteiger partial charge in [0.2, 0.25) is 0 Å². The van der Waals surface area contributed by atoms with Crippen LogP contribution in [-0.4, -0.2) is 4.98 Å². The summed E-state index contributed by atoms with van der Waals surface area (Å²) in [4.78, 5) is 3.60. The van der Waals surface area contributed by atoms with Crippen molar-refractivity contribution >= 4 is 21.7 Å². The number of nitriles is 1. The molecular formula is C8H6BrF2N3. The van der Waals surface area contributed by atoms with E-state index in [0.717, 1.165) is 0 Å². The molecule has 3 nitrogen and oxygen atoms in total. The number of hydrogen-bond donors (Lipinski definition) is 1. The van der Waals surface area contributed by atoms with Gasteiger partial charge in [-0.3, -0.25) is 0 Å². The van der Waals surface area contributed by atoms with Crippen molar-refractivity contribution in [2.24, 2.45) is 0 Å². The first kappa shape index (κ1) is 10.9. The van der Waals surface area contributed by atoms with E-state index in [1.165, 1.54) is 6.20 Å². The summed E-state index contributed by atoms with van der Waals surface area (Å²) < 4.78 is 25.0. The second-order valence-electron chi connectivity index (χ2n) is 2.50. The maximum absolute atomic E-state index is 12.5. The van der Waals surface area contributed by atoms with Gasteiger partial charge < -0.3 is 5.73 Å². The van der Waals surface area contributed by atoms with Crippen molar-refractivity contribution in [1.29, 1.82) is 5.26 Å². The molecule has 2 N–H and O–H groups in total. The highest BCUT2D eigenvalue weighted by Crippen LogP contribution is 2.29. The number of nitrogens with zero attached hydrogens (tertiary/aromatic N) is 2. The molecule has 0 amide bonds. The standard InChI is InChI=1S/C8H6BrF2N3/c9-1-4-3-14-8(13)6(7(10)11)5(4)2-12/h3,7H,1H2,(H2,13,14). The van der Waals surface area contributed by atoms with Crippen LogP contribution in [0.15, 0.2) is 6.20 Å². The van der Waals surface area contributed by atoms with Crippen molar-refractivity contribution in [2.75, 3.05) is 5.73 Å². The molecular weight excluding hydrogens is 256 g/mol. The first-order valence-electron chi connectivity index (χ1n) is 3.63. The molecule has 1 heterocycles. The smallest absolute Gasteiger partial charge is 0.268 e. The lowest BCUT2D eigenvalue weighted by Crippen LogP contribution is -2.04. The van der Waals surface area contributed by atoms with E-state index < -0.39 is 12.0 Å². The third-order valence-electron chi connectivity index (χ3n) is 1.70. The van der Waals surface area contributed by atoms with E-state index in [9.17, 15) is 8.78 Å². The van der Waals surface area contributed by atoms with Gasteiger partial charge in [-0.05, 0) is 5.56 Å². The molecule has 1 aromatic rings. The first-order chi connectivity index (χ1) is 6.61. The number of halogens is 3. The lowest BCUT2D eigenvalue weighted by atomic mass is 10.1. The van der Waals surface area contributed by atoms with Gasteiger partial charge >= 0.3 is 0 Å². The van der Waals surface area contributed by atoms with Crippen LogP contribution in [0.1, 0.15) is 23.1 Å². The van der Waals surface area contributed by atoms with Gasteiger partial charge in [0.1, 0.15) is 11.9 Å². The van der Waals surface area contributed by atoms with Crippen LogP contribution in [0.5, 0.6) is 0 Å². The molecule has 0 saturated heterocycles. The number of rotatable bonds is 2. The second kappa shape index (κ2) is 4.33. The molecule has 6 heteroatoms. The summed E-state index contributed by atoms with van der Waals surface area (Å²) in [6, 6.07) is 1.71. The molecule has 0 fully saturated rings. The van der Waals surface area contributed by atoms with Crippen molar-refractivity contribution < 1.29 is 8.78 Å². The normalized spacial score (nSPS) is 10.2. The van der Waals surface area contributed by atoms with E-state index in [0.29, 0.717) is 10.9 Å². The van der Waals surface area contributed by atoms with Crippen LogP contribution in [0.4, 0.5) is 14.6 Å². The predicted molar refractivity (Wildman–Crippen MR) is 51.0 cm³/mol. The molecule has 0 aromatic carbocycles. The van der Waals surface area contributed by atoms with Gasteiger partial charge in [0.05, 0.1) is 11.1 Å². The van der Waals surface area contributed by atoms with Crippen LogP contribution >= 0.6 is 15.9 Å². The fourth-order valence-electron chi connectivity index (χ4n) is 1.04. The van der Waals surface area contributed by atoms with Crippen molar-refractivity contribution in [2.45, 2.75) is 11.8 Å². The minimum atomic E-state index is -2.78. The van der Waals surface area contributed by atoms with Crippen LogP contribution in [-0.2, 0) is 5.33 Å². The molecule has 0 radical (unpaired) electrons. The molecule has 0 bridgehead atoms. The van der Waals surface area contributed by atoms with E-state index in [-0.39, 0.29) is 11.4 Å². The highest BCUT2D eigenvalue weighted by atomic mass is 79.9. The van der Waals surface area contributed by atoms with Crippen LogP contribution in [0, 0.1) is 11.3 Å². The fraction of sp³-hybridized carbons (Fsp3) is 0.250. The first-order valence-corrected chi connectivity index (χ1v) is 4.75. The largest absolute Gasteiger partial charge is 0.383 e. The number of nitrogens with two attached hydrogens (primary N) is 1. The SMILES string of the molecule is N#Cc1c(CBr)cnc(N)c1C(F)F. The van der Waals surface area contributed by atoms with Crippen LogP contribution in [0.25, 0.3) is 0 Å². The maximum atomic E-state index is 12.5. The van der Waals surface area contributed by atoms with Gasteiger partial charge in [0.25, 0.3) is 6.43 Å². The Hall–Kier alpha value is -1.22. The Kier molecular flexibility index (Phi) is 3.36. The highest BCUT2D eigenvalue weighted by Gasteiger charge is 2.20. The molecule has 0 aliphatic carbocycles. The second-order valence-corrected chi connectivity index (χ2v) is 3.06. The Labute approximate surface area is 87.7 Å². The van der Waals surface area contributed by atoms with Gasteiger partial charge in [-0.1, -0.05) is 15.9 Å². The lowest BCUT2D eigenvalue weighted by molar-refractivity contribution is 0.151. The highest BCUT2D eigenvalue weighted by molar-refractivity contribution is 9.08. The number of hydrogen-bond acceptors (Lipinski definition) is 3. The van der Waals surface area contributed by atoms with Crippen molar-refractivity contribution in [3.05, 3.63) is 22.9 Å².